The predicted octanol–water partition coefficient (Wildman–Crippen LogP) is 5.58. The second-order valence-electron chi connectivity index (χ2n) is 8.60. The van der Waals surface area contributed by atoms with Crippen molar-refractivity contribution in [2.45, 2.75) is 71.5 Å². The topological polar surface area (TPSA) is 75.9 Å². The van der Waals surface area contributed by atoms with E-state index in [9.17, 15) is 9.90 Å². The first-order valence-electron chi connectivity index (χ1n) is 10.5. The van der Waals surface area contributed by atoms with Gasteiger partial charge >= 0.3 is 5.63 Å². The first-order valence-corrected chi connectivity index (χ1v) is 10.5. The summed E-state index contributed by atoms with van der Waals surface area (Å²) >= 11 is 0. The molecule has 0 bridgehead atoms. The molecule has 2 aromatic rings. The number of pyridine rings is 1. The van der Waals surface area contributed by atoms with Gasteiger partial charge in [-0.3, -0.25) is 4.98 Å². The fraction of sp³-hybridized carbons (Fsp3) is 0.440. The van der Waals surface area contributed by atoms with Gasteiger partial charge in [0.2, 0.25) is 0 Å². The van der Waals surface area contributed by atoms with Crippen molar-refractivity contribution in [2.24, 2.45) is 0 Å². The molecule has 2 aromatic heterocycles. The first kappa shape index (κ1) is 22.0. The molecule has 1 saturated heterocycles. The van der Waals surface area contributed by atoms with Crippen molar-refractivity contribution < 1.29 is 14.3 Å². The Morgan fingerprint density at radius 3 is 2.60 bits per heavy atom. The summed E-state index contributed by atoms with van der Waals surface area (Å²) in [6.07, 6.45) is 12.3. The molecule has 0 amide bonds. The Morgan fingerprint density at radius 1 is 1.23 bits per heavy atom. The highest BCUT2D eigenvalue weighted by atomic mass is 16.6. The fourth-order valence-corrected chi connectivity index (χ4v) is 3.47. The zero-order valence-electron chi connectivity index (χ0n) is 18.3. The summed E-state index contributed by atoms with van der Waals surface area (Å²) in [7, 11) is 0. The largest absolute Gasteiger partial charge is 0.507 e. The Kier molecular flexibility index (Phi) is 6.93. The number of hydrogen-bond donors (Lipinski definition) is 1. The average molecular weight is 410 g/mol. The normalized spacial score (nSPS) is 18.5. The SMILES string of the molecule is C/C(=C\Cc1c(O)cc(-c2cccnc2)oc1=O)CC/C=C(\C)CCC1OC1(C)C. The van der Waals surface area contributed by atoms with Gasteiger partial charge in [0.25, 0.3) is 0 Å². The van der Waals surface area contributed by atoms with Crippen molar-refractivity contribution in [1.29, 1.82) is 0 Å². The molecule has 5 heteroatoms. The van der Waals surface area contributed by atoms with Crippen molar-refractivity contribution in [2.75, 3.05) is 0 Å². The molecule has 1 unspecified atom stereocenters. The minimum absolute atomic E-state index is 0.0462. The predicted molar refractivity (Wildman–Crippen MR) is 119 cm³/mol. The lowest BCUT2D eigenvalue weighted by atomic mass is 10.0. The molecule has 1 atom stereocenters. The Bertz CT molecular complexity index is 986. The van der Waals surface area contributed by atoms with Crippen LogP contribution in [0.15, 0.2) is 63.1 Å². The molecule has 160 valence electrons. The molecule has 0 aliphatic carbocycles. The number of allylic oxidation sites excluding steroid dienone is 4. The summed E-state index contributed by atoms with van der Waals surface area (Å²) in [5, 5.41) is 10.3. The van der Waals surface area contributed by atoms with E-state index in [0.29, 0.717) is 23.8 Å². The van der Waals surface area contributed by atoms with Gasteiger partial charge in [0, 0.05) is 30.4 Å². The van der Waals surface area contributed by atoms with E-state index < -0.39 is 5.63 Å². The van der Waals surface area contributed by atoms with Gasteiger partial charge in [-0.1, -0.05) is 23.3 Å². The second-order valence-corrected chi connectivity index (χ2v) is 8.60. The van der Waals surface area contributed by atoms with Gasteiger partial charge in [-0.25, -0.2) is 4.79 Å². The Labute approximate surface area is 178 Å². The lowest BCUT2D eigenvalue weighted by Gasteiger charge is -2.05. The number of aromatic hydroxyl groups is 1. The number of ether oxygens (including phenoxy) is 1. The van der Waals surface area contributed by atoms with Crippen molar-refractivity contribution in [3.8, 4) is 17.1 Å². The van der Waals surface area contributed by atoms with Gasteiger partial charge in [0.1, 0.15) is 11.5 Å². The summed E-state index contributed by atoms with van der Waals surface area (Å²) in [6, 6.07) is 5.01. The molecule has 0 saturated carbocycles. The van der Waals surface area contributed by atoms with Gasteiger partial charge in [0.15, 0.2) is 0 Å². The maximum atomic E-state index is 12.3. The molecule has 1 aliphatic rings. The van der Waals surface area contributed by atoms with Crippen LogP contribution >= 0.6 is 0 Å². The summed E-state index contributed by atoms with van der Waals surface area (Å²) < 4.78 is 11.0. The van der Waals surface area contributed by atoms with Crippen LogP contribution in [0.3, 0.4) is 0 Å². The van der Waals surface area contributed by atoms with Crippen LogP contribution in [-0.4, -0.2) is 21.8 Å². The van der Waals surface area contributed by atoms with Crippen LogP contribution in [0.2, 0.25) is 0 Å². The van der Waals surface area contributed by atoms with Crippen LogP contribution in [0.1, 0.15) is 58.9 Å². The van der Waals surface area contributed by atoms with Crippen molar-refractivity contribution >= 4 is 0 Å². The highest BCUT2D eigenvalue weighted by Crippen LogP contribution is 2.39. The Balaban J connectivity index is 1.52. The van der Waals surface area contributed by atoms with Crippen LogP contribution < -0.4 is 5.63 Å². The molecular formula is C25H31NO4. The van der Waals surface area contributed by atoms with Crippen LogP contribution in [0.4, 0.5) is 0 Å². The van der Waals surface area contributed by atoms with Crippen LogP contribution in [0.5, 0.6) is 5.75 Å². The first-order chi connectivity index (χ1) is 14.3. The quantitative estimate of drug-likeness (QED) is 0.432. The van der Waals surface area contributed by atoms with Gasteiger partial charge in [-0.15, -0.1) is 0 Å². The van der Waals surface area contributed by atoms with E-state index in [-0.39, 0.29) is 16.9 Å². The van der Waals surface area contributed by atoms with Crippen LogP contribution in [0.25, 0.3) is 11.3 Å². The van der Waals surface area contributed by atoms with E-state index in [1.54, 1.807) is 24.5 Å². The zero-order valence-corrected chi connectivity index (χ0v) is 18.3. The molecule has 30 heavy (non-hydrogen) atoms. The van der Waals surface area contributed by atoms with Gasteiger partial charge in [-0.2, -0.15) is 0 Å². The summed E-state index contributed by atoms with van der Waals surface area (Å²) in [5.41, 5.74) is 3.05. The summed E-state index contributed by atoms with van der Waals surface area (Å²) in [5.74, 6) is 0.269. The molecule has 3 rings (SSSR count). The zero-order chi connectivity index (χ0) is 21.7. The van der Waals surface area contributed by atoms with Crippen molar-refractivity contribution in [1.82, 2.24) is 4.98 Å². The number of rotatable bonds is 9. The van der Waals surface area contributed by atoms with E-state index in [1.807, 2.05) is 13.0 Å². The lowest BCUT2D eigenvalue weighted by molar-refractivity contribution is 0.320. The van der Waals surface area contributed by atoms with E-state index in [2.05, 4.69) is 31.8 Å². The lowest BCUT2D eigenvalue weighted by Crippen LogP contribution is -2.07. The molecule has 1 aliphatic heterocycles. The number of hydrogen-bond acceptors (Lipinski definition) is 5. The standard InChI is InChI=1S/C25H31NO4/c1-17(7-5-8-18(2)11-13-23-25(3,4)30-23)10-12-20-21(27)15-22(29-24(20)28)19-9-6-14-26-16-19/h6,8-10,14-16,23,27H,5,7,11-13H2,1-4H3/b17-10+,18-8+. The highest BCUT2D eigenvalue weighted by molar-refractivity contribution is 5.57. The van der Waals surface area contributed by atoms with E-state index >= 15 is 0 Å². The van der Waals surface area contributed by atoms with E-state index in [4.69, 9.17) is 9.15 Å². The summed E-state index contributed by atoms with van der Waals surface area (Å²) in [6.45, 7) is 8.49. The Hall–Kier alpha value is -2.66. The summed E-state index contributed by atoms with van der Waals surface area (Å²) in [4.78, 5) is 16.3. The second kappa shape index (κ2) is 9.43. The minimum atomic E-state index is -0.515. The van der Waals surface area contributed by atoms with Crippen molar-refractivity contribution in [3.63, 3.8) is 0 Å². The molecule has 1 N–H and O–H groups in total. The number of epoxide rings is 1. The molecule has 5 nitrogen and oxygen atoms in total. The molecule has 0 aromatic carbocycles. The third-order valence-electron chi connectivity index (χ3n) is 5.62. The molecule has 3 heterocycles. The molecule has 0 radical (unpaired) electrons. The number of aromatic nitrogens is 1. The molecule has 0 spiro atoms. The fourth-order valence-electron chi connectivity index (χ4n) is 3.47. The van der Waals surface area contributed by atoms with E-state index in [0.717, 1.165) is 25.7 Å². The maximum Gasteiger partial charge on any atom is 0.343 e. The van der Waals surface area contributed by atoms with E-state index in [1.165, 1.54) is 17.2 Å². The third-order valence-corrected chi connectivity index (χ3v) is 5.62. The molecule has 1 fully saturated rings. The highest BCUT2D eigenvalue weighted by Gasteiger charge is 2.46. The average Bonchev–Trinajstić information content (AvgIpc) is 3.32. The number of nitrogens with zero attached hydrogens (tertiary/aromatic N) is 1. The van der Waals surface area contributed by atoms with Gasteiger partial charge in [-0.05, 0) is 65.5 Å². The smallest absolute Gasteiger partial charge is 0.343 e. The van der Waals surface area contributed by atoms with Crippen LogP contribution in [-0.2, 0) is 11.2 Å². The van der Waals surface area contributed by atoms with Crippen LogP contribution in [0, 0.1) is 0 Å². The van der Waals surface area contributed by atoms with Gasteiger partial charge < -0.3 is 14.3 Å². The maximum absolute atomic E-state index is 12.3. The van der Waals surface area contributed by atoms with Crippen molar-refractivity contribution in [3.05, 3.63) is 69.9 Å². The minimum Gasteiger partial charge on any atom is -0.507 e. The third kappa shape index (κ3) is 5.92. The monoisotopic (exact) mass is 409 g/mol. The Morgan fingerprint density at radius 2 is 1.97 bits per heavy atom. The van der Waals surface area contributed by atoms with Gasteiger partial charge in [0.05, 0.1) is 17.3 Å². The molecular weight excluding hydrogens is 378 g/mol.